The first kappa shape index (κ1) is 15.2. The second-order valence-corrected chi connectivity index (χ2v) is 4.72. The number of hydrogen-bond acceptors (Lipinski definition) is 4. The second kappa shape index (κ2) is 6.99. The van der Waals surface area contributed by atoms with Crippen molar-refractivity contribution in [1.82, 2.24) is 0 Å². The number of ether oxygens (including phenoxy) is 3. The first-order valence-corrected chi connectivity index (χ1v) is 6.74. The van der Waals surface area contributed by atoms with Crippen LogP contribution in [0.3, 0.4) is 0 Å². The Morgan fingerprint density at radius 3 is 2.38 bits per heavy atom. The summed E-state index contributed by atoms with van der Waals surface area (Å²) < 4.78 is 16.2. The lowest BCUT2D eigenvalue weighted by Gasteiger charge is -2.17. The lowest BCUT2D eigenvalue weighted by molar-refractivity contribution is 0.104. The molecule has 0 bridgehead atoms. The van der Waals surface area contributed by atoms with Crippen LogP contribution < -0.4 is 14.2 Å². The van der Waals surface area contributed by atoms with Crippen LogP contribution in [-0.4, -0.2) is 25.9 Å². The van der Waals surface area contributed by atoms with Crippen LogP contribution in [0.4, 0.5) is 0 Å². The largest absolute Gasteiger partial charge is 0.496 e. The van der Waals surface area contributed by atoms with Crippen LogP contribution in [0.2, 0.25) is 0 Å². The summed E-state index contributed by atoms with van der Waals surface area (Å²) in [6.07, 6.45) is -0.771. The summed E-state index contributed by atoms with van der Waals surface area (Å²) in [5.41, 5.74) is 1.79. The van der Waals surface area contributed by atoms with Crippen molar-refractivity contribution >= 4 is 0 Å². The van der Waals surface area contributed by atoms with Crippen LogP contribution in [-0.2, 0) is 0 Å². The molecule has 0 radical (unpaired) electrons. The molecule has 2 aromatic rings. The minimum atomic E-state index is -0.771. The zero-order chi connectivity index (χ0) is 15.2. The van der Waals surface area contributed by atoms with Crippen molar-refractivity contribution in [2.45, 2.75) is 13.0 Å². The van der Waals surface area contributed by atoms with E-state index in [0.29, 0.717) is 22.8 Å². The molecule has 112 valence electrons. The van der Waals surface area contributed by atoms with Gasteiger partial charge in [0.15, 0.2) is 11.5 Å². The Kier molecular flexibility index (Phi) is 5.06. The van der Waals surface area contributed by atoms with Crippen molar-refractivity contribution in [3.8, 4) is 17.2 Å². The summed E-state index contributed by atoms with van der Waals surface area (Å²) in [5, 5.41) is 10.3. The SMILES string of the molecule is COc1cc(C)ccc1OCC(O)c1ccccc1OC. The van der Waals surface area contributed by atoms with E-state index in [4.69, 9.17) is 14.2 Å². The van der Waals surface area contributed by atoms with Gasteiger partial charge in [-0.3, -0.25) is 0 Å². The van der Waals surface area contributed by atoms with Gasteiger partial charge in [-0.05, 0) is 30.7 Å². The van der Waals surface area contributed by atoms with Crippen LogP contribution >= 0.6 is 0 Å². The number of aryl methyl sites for hydroxylation is 1. The molecule has 0 spiro atoms. The Labute approximate surface area is 124 Å². The van der Waals surface area contributed by atoms with Crippen LogP contribution in [0, 0.1) is 6.92 Å². The summed E-state index contributed by atoms with van der Waals surface area (Å²) >= 11 is 0. The van der Waals surface area contributed by atoms with Crippen LogP contribution in [0.5, 0.6) is 17.2 Å². The van der Waals surface area contributed by atoms with Crippen molar-refractivity contribution in [3.63, 3.8) is 0 Å². The summed E-state index contributed by atoms with van der Waals surface area (Å²) in [6, 6.07) is 13.0. The Bertz CT molecular complexity index is 595. The fourth-order valence-corrected chi connectivity index (χ4v) is 2.09. The predicted octanol–water partition coefficient (Wildman–Crippen LogP) is 3.12. The fraction of sp³-hybridized carbons (Fsp3) is 0.294. The number of benzene rings is 2. The maximum Gasteiger partial charge on any atom is 0.161 e. The molecule has 0 aliphatic carbocycles. The molecule has 1 N–H and O–H groups in total. The molecule has 21 heavy (non-hydrogen) atoms. The van der Waals surface area contributed by atoms with Crippen molar-refractivity contribution in [2.75, 3.05) is 20.8 Å². The third kappa shape index (κ3) is 3.67. The molecular weight excluding hydrogens is 268 g/mol. The standard InChI is InChI=1S/C17H20O4/c1-12-8-9-16(17(10-12)20-3)21-11-14(18)13-6-4-5-7-15(13)19-2/h4-10,14,18H,11H2,1-3H3. The summed E-state index contributed by atoms with van der Waals surface area (Å²) in [4.78, 5) is 0. The fourth-order valence-electron chi connectivity index (χ4n) is 2.09. The minimum Gasteiger partial charge on any atom is -0.496 e. The van der Waals surface area contributed by atoms with E-state index in [9.17, 15) is 5.11 Å². The maximum absolute atomic E-state index is 10.3. The van der Waals surface area contributed by atoms with E-state index < -0.39 is 6.10 Å². The number of aliphatic hydroxyl groups excluding tert-OH is 1. The van der Waals surface area contributed by atoms with Crippen LogP contribution in [0.1, 0.15) is 17.2 Å². The summed E-state index contributed by atoms with van der Waals surface area (Å²) in [5.74, 6) is 1.91. The third-order valence-electron chi connectivity index (χ3n) is 3.21. The smallest absolute Gasteiger partial charge is 0.161 e. The van der Waals surface area contributed by atoms with Crippen molar-refractivity contribution in [1.29, 1.82) is 0 Å². The average molecular weight is 288 g/mol. The number of hydrogen-bond donors (Lipinski definition) is 1. The molecule has 0 amide bonds. The quantitative estimate of drug-likeness (QED) is 0.887. The normalized spacial score (nSPS) is 11.8. The second-order valence-electron chi connectivity index (χ2n) is 4.72. The maximum atomic E-state index is 10.3. The lowest BCUT2D eigenvalue weighted by Crippen LogP contribution is -2.11. The summed E-state index contributed by atoms with van der Waals surface area (Å²) in [7, 11) is 3.17. The highest BCUT2D eigenvalue weighted by molar-refractivity contribution is 5.42. The Morgan fingerprint density at radius 1 is 0.952 bits per heavy atom. The first-order valence-electron chi connectivity index (χ1n) is 6.74. The molecule has 1 unspecified atom stereocenters. The average Bonchev–Trinajstić information content (AvgIpc) is 2.53. The molecule has 0 fully saturated rings. The van der Waals surface area contributed by atoms with Gasteiger partial charge >= 0.3 is 0 Å². The Hall–Kier alpha value is -2.20. The monoisotopic (exact) mass is 288 g/mol. The van der Waals surface area contributed by atoms with Gasteiger partial charge in [-0.2, -0.15) is 0 Å². The lowest BCUT2D eigenvalue weighted by atomic mass is 10.1. The van der Waals surface area contributed by atoms with Gasteiger partial charge in [0.05, 0.1) is 14.2 Å². The van der Waals surface area contributed by atoms with E-state index >= 15 is 0 Å². The van der Waals surface area contributed by atoms with Crippen LogP contribution in [0.25, 0.3) is 0 Å². The highest BCUT2D eigenvalue weighted by atomic mass is 16.5. The van der Waals surface area contributed by atoms with E-state index in [1.54, 1.807) is 14.2 Å². The minimum absolute atomic E-state index is 0.125. The van der Waals surface area contributed by atoms with Gasteiger partial charge in [0.25, 0.3) is 0 Å². The third-order valence-corrected chi connectivity index (χ3v) is 3.21. The van der Waals surface area contributed by atoms with Gasteiger partial charge in [0.2, 0.25) is 0 Å². The molecule has 2 aromatic carbocycles. The van der Waals surface area contributed by atoms with Gasteiger partial charge in [-0.25, -0.2) is 0 Å². The molecule has 2 rings (SSSR count). The number of rotatable bonds is 6. The van der Waals surface area contributed by atoms with Gasteiger partial charge in [0.1, 0.15) is 18.5 Å². The molecule has 0 saturated carbocycles. The number of aliphatic hydroxyl groups is 1. The first-order chi connectivity index (χ1) is 10.2. The molecule has 4 heteroatoms. The molecule has 0 saturated heterocycles. The van der Waals surface area contributed by atoms with Gasteiger partial charge in [0, 0.05) is 5.56 Å². The molecule has 0 heterocycles. The zero-order valence-electron chi connectivity index (χ0n) is 12.5. The van der Waals surface area contributed by atoms with Crippen molar-refractivity contribution in [3.05, 3.63) is 53.6 Å². The molecule has 1 atom stereocenters. The zero-order valence-corrected chi connectivity index (χ0v) is 12.5. The van der Waals surface area contributed by atoms with Crippen LogP contribution in [0.15, 0.2) is 42.5 Å². The Balaban J connectivity index is 2.09. The molecule has 0 aromatic heterocycles. The highest BCUT2D eigenvalue weighted by Crippen LogP contribution is 2.30. The molecular formula is C17H20O4. The highest BCUT2D eigenvalue weighted by Gasteiger charge is 2.14. The van der Waals surface area contributed by atoms with E-state index in [0.717, 1.165) is 5.56 Å². The van der Waals surface area contributed by atoms with E-state index in [1.807, 2.05) is 49.4 Å². The number of methoxy groups -OCH3 is 2. The number of para-hydroxylation sites is 1. The van der Waals surface area contributed by atoms with E-state index in [-0.39, 0.29) is 6.61 Å². The van der Waals surface area contributed by atoms with E-state index in [2.05, 4.69) is 0 Å². The van der Waals surface area contributed by atoms with Crippen molar-refractivity contribution < 1.29 is 19.3 Å². The molecule has 0 aliphatic rings. The van der Waals surface area contributed by atoms with Gasteiger partial charge in [-0.1, -0.05) is 24.3 Å². The topological polar surface area (TPSA) is 47.9 Å². The Morgan fingerprint density at radius 2 is 1.67 bits per heavy atom. The van der Waals surface area contributed by atoms with Crippen molar-refractivity contribution in [2.24, 2.45) is 0 Å². The predicted molar refractivity (Wildman–Crippen MR) is 81.2 cm³/mol. The van der Waals surface area contributed by atoms with Gasteiger partial charge < -0.3 is 19.3 Å². The van der Waals surface area contributed by atoms with Gasteiger partial charge in [-0.15, -0.1) is 0 Å². The molecule has 0 aliphatic heterocycles. The molecule has 4 nitrogen and oxygen atoms in total. The van der Waals surface area contributed by atoms with E-state index in [1.165, 1.54) is 0 Å². The summed E-state index contributed by atoms with van der Waals surface area (Å²) in [6.45, 7) is 2.11.